The number of benzene rings is 3. The van der Waals surface area contributed by atoms with Crippen molar-refractivity contribution in [1.82, 2.24) is 4.90 Å². The molecule has 1 aliphatic carbocycles. The molecule has 6 heteroatoms. The molecule has 2 heterocycles. The maximum Gasteiger partial charge on any atom is 0.410 e. The molecule has 36 heavy (non-hydrogen) atoms. The molecule has 2 atom stereocenters. The van der Waals surface area contributed by atoms with Gasteiger partial charge in [-0.3, -0.25) is 4.90 Å². The summed E-state index contributed by atoms with van der Waals surface area (Å²) in [5.41, 5.74) is 4.37. The van der Waals surface area contributed by atoms with Crippen LogP contribution in [0, 0.1) is 5.82 Å². The molecule has 1 N–H and O–H groups in total. The Labute approximate surface area is 210 Å². The first-order valence-electron chi connectivity index (χ1n) is 12.7. The Hall–Kier alpha value is -3.22. The van der Waals surface area contributed by atoms with E-state index >= 15 is 0 Å². The fourth-order valence-corrected chi connectivity index (χ4v) is 6.31. The standard InChI is InChI=1S/C30H30FNO4/c31-28-12-6-1-7-20(28)13-14-30(34)15-21-17-35-18-22(16-30)32(21)29(33)36-19-27-25-10-4-2-8-23(25)24-9-3-5-11-26(24)27/h1-12,21-22,27,34H,13-19H2. The molecule has 0 saturated carbocycles. The predicted octanol–water partition coefficient (Wildman–Crippen LogP) is 5.30. The molecular weight excluding hydrogens is 457 g/mol. The lowest BCUT2D eigenvalue weighted by Crippen LogP contribution is -2.63. The zero-order valence-electron chi connectivity index (χ0n) is 20.1. The number of fused-ring (bicyclic) bond motifs is 5. The van der Waals surface area contributed by atoms with E-state index in [1.54, 1.807) is 17.0 Å². The quantitative estimate of drug-likeness (QED) is 0.531. The monoisotopic (exact) mass is 487 g/mol. The molecule has 0 radical (unpaired) electrons. The normalized spacial score (nSPS) is 24.8. The zero-order chi connectivity index (χ0) is 24.7. The topological polar surface area (TPSA) is 59.0 Å². The molecule has 0 spiro atoms. The van der Waals surface area contributed by atoms with Gasteiger partial charge in [0.1, 0.15) is 12.4 Å². The summed E-state index contributed by atoms with van der Waals surface area (Å²) in [7, 11) is 0. The van der Waals surface area contributed by atoms with Crippen molar-refractivity contribution < 1.29 is 23.8 Å². The smallest absolute Gasteiger partial charge is 0.410 e. The van der Waals surface area contributed by atoms with Crippen LogP contribution in [0.2, 0.25) is 0 Å². The second-order valence-electron chi connectivity index (χ2n) is 10.3. The second-order valence-corrected chi connectivity index (χ2v) is 10.3. The molecule has 5 nitrogen and oxygen atoms in total. The van der Waals surface area contributed by atoms with E-state index in [2.05, 4.69) is 24.3 Å². The highest BCUT2D eigenvalue weighted by atomic mass is 19.1. The molecule has 1 amide bonds. The van der Waals surface area contributed by atoms with Crippen molar-refractivity contribution in [3.8, 4) is 11.1 Å². The molecular formula is C30H30FNO4. The minimum Gasteiger partial charge on any atom is -0.448 e. The average Bonchev–Trinajstić information content (AvgIpc) is 3.20. The molecule has 2 saturated heterocycles. The van der Waals surface area contributed by atoms with Crippen LogP contribution < -0.4 is 0 Å². The van der Waals surface area contributed by atoms with Gasteiger partial charge in [-0.25, -0.2) is 9.18 Å². The molecule has 3 aliphatic rings. The summed E-state index contributed by atoms with van der Waals surface area (Å²) >= 11 is 0. The van der Waals surface area contributed by atoms with Crippen LogP contribution in [-0.2, 0) is 15.9 Å². The molecule has 2 fully saturated rings. The number of hydrogen-bond acceptors (Lipinski definition) is 4. The fourth-order valence-electron chi connectivity index (χ4n) is 6.31. The van der Waals surface area contributed by atoms with Gasteiger partial charge in [-0.2, -0.15) is 0 Å². The molecule has 3 aromatic rings. The Kier molecular flexibility index (Phi) is 6.02. The van der Waals surface area contributed by atoms with E-state index in [1.165, 1.54) is 28.3 Å². The van der Waals surface area contributed by atoms with Crippen LogP contribution in [0.4, 0.5) is 9.18 Å². The SMILES string of the molecule is O=C(OCC1c2ccccc2-c2ccccc21)N1C2COCC1CC(O)(CCc1ccccc1F)C2. The number of carbonyl (C=O) groups excluding carboxylic acids is 1. The number of morpholine rings is 1. The van der Waals surface area contributed by atoms with Crippen molar-refractivity contribution in [2.45, 2.75) is 49.3 Å². The van der Waals surface area contributed by atoms with Crippen LogP contribution in [0.15, 0.2) is 72.8 Å². The lowest BCUT2D eigenvalue weighted by Gasteiger charge is -2.51. The third kappa shape index (κ3) is 4.18. The van der Waals surface area contributed by atoms with Gasteiger partial charge < -0.3 is 14.6 Å². The van der Waals surface area contributed by atoms with Gasteiger partial charge in [-0.05, 0) is 59.6 Å². The van der Waals surface area contributed by atoms with Crippen molar-refractivity contribution in [3.63, 3.8) is 0 Å². The van der Waals surface area contributed by atoms with Gasteiger partial charge in [0.05, 0.1) is 30.9 Å². The highest BCUT2D eigenvalue weighted by molar-refractivity contribution is 5.79. The van der Waals surface area contributed by atoms with Crippen LogP contribution in [0.1, 0.15) is 41.9 Å². The van der Waals surface area contributed by atoms with Crippen molar-refractivity contribution in [2.75, 3.05) is 19.8 Å². The van der Waals surface area contributed by atoms with Gasteiger partial charge >= 0.3 is 6.09 Å². The fraction of sp³-hybridized carbons (Fsp3) is 0.367. The minimum absolute atomic E-state index is 0.0000625. The van der Waals surface area contributed by atoms with Crippen molar-refractivity contribution in [1.29, 1.82) is 0 Å². The number of carbonyl (C=O) groups is 1. The number of ether oxygens (including phenoxy) is 2. The van der Waals surface area contributed by atoms with Gasteiger partial charge in [-0.1, -0.05) is 66.7 Å². The largest absolute Gasteiger partial charge is 0.448 e. The minimum atomic E-state index is -0.971. The van der Waals surface area contributed by atoms with Gasteiger partial charge in [0.25, 0.3) is 0 Å². The maximum atomic E-state index is 14.1. The number of halogens is 1. The van der Waals surface area contributed by atoms with E-state index in [0.717, 1.165) is 0 Å². The number of amides is 1. The first-order valence-corrected chi connectivity index (χ1v) is 12.7. The van der Waals surface area contributed by atoms with Gasteiger partial charge in [0, 0.05) is 5.92 Å². The Morgan fingerprint density at radius 2 is 1.53 bits per heavy atom. The third-order valence-electron chi connectivity index (χ3n) is 8.00. The number of nitrogens with zero attached hydrogens (tertiary/aromatic N) is 1. The lowest BCUT2D eigenvalue weighted by atomic mass is 9.78. The summed E-state index contributed by atoms with van der Waals surface area (Å²) in [6.07, 6.45) is 1.32. The molecule has 6 rings (SSSR count). The predicted molar refractivity (Wildman–Crippen MR) is 134 cm³/mol. The van der Waals surface area contributed by atoms with E-state index < -0.39 is 5.60 Å². The van der Waals surface area contributed by atoms with Crippen molar-refractivity contribution in [3.05, 3.63) is 95.3 Å². The molecule has 3 aromatic carbocycles. The number of hydrogen-bond donors (Lipinski definition) is 1. The molecule has 186 valence electrons. The second kappa shape index (κ2) is 9.34. The molecule has 2 aliphatic heterocycles. The lowest BCUT2D eigenvalue weighted by molar-refractivity contribution is -0.135. The Balaban J connectivity index is 1.14. The van der Waals surface area contributed by atoms with Crippen molar-refractivity contribution >= 4 is 6.09 Å². The van der Waals surface area contributed by atoms with E-state index in [4.69, 9.17) is 9.47 Å². The zero-order valence-corrected chi connectivity index (χ0v) is 20.1. The first kappa shape index (κ1) is 23.2. The summed E-state index contributed by atoms with van der Waals surface area (Å²) in [6.45, 7) is 0.993. The summed E-state index contributed by atoms with van der Waals surface area (Å²) in [5.74, 6) is -0.249. The number of rotatable bonds is 5. The third-order valence-corrected chi connectivity index (χ3v) is 8.00. The van der Waals surface area contributed by atoms with Crippen molar-refractivity contribution in [2.24, 2.45) is 0 Å². The van der Waals surface area contributed by atoms with Gasteiger partial charge in [0.15, 0.2) is 0 Å². The van der Waals surface area contributed by atoms with E-state index in [1.807, 2.05) is 30.3 Å². The number of aryl methyl sites for hydroxylation is 1. The highest BCUT2D eigenvalue weighted by Gasteiger charge is 2.48. The summed E-state index contributed by atoms with van der Waals surface area (Å²) in [6, 6.07) is 22.7. The van der Waals surface area contributed by atoms with E-state index in [9.17, 15) is 14.3 Å². The molecule has 2 bridgehead atoms. The van der Waals surface area contributed by atoms with Gasteiger partial charge in [0.2, 0.25) is 0 Å². The number of aliphatic hydroxyl groups is 1. The Morgan fingerprint density at radius 3 is 2.17 bits per heavy atom. The Morgan fingerprint density at radius 1 is 0.944 bits per heavy atom. The highest BCUT2D eigenvalue weighted by Crippen LogP contribution is 2.45. The van der Waals surface area contributed by atoms with Crippen LogP contribution in [0.3, 0.4) is 0 Å². The summed E-state index contributed by atoms with van der Waals surface area (Å²) in [5, 5.41) is 11.4. The summed E-state index contributed by atoms with van der Waals surface area (Å²) in [4.78, 5) is 15.1. The molecule has 2 unspecified atom stereocenters. The van der Waals surface area contributed by atoms with Crippen LogP contribution in [-0.4, -0.2) is 53.6 Å². The van der Waals surface area contributed by atoms with Crippen LogP contribution in [0.5, 0.6) is 0 Å². The van der Waals surface area contributed by atoms with Crippen LogP contribution in [0.25, 0.3) is 11.1 Å². The van der Waals surface area contributed by atoms with E-state index in [0.29, 0.717) is 44.5 Å². The van der Waals surface area contributed by atoms with Crippen LogP contribution >= 0.6 is 0 Å². The summed E-state index contributed by atoms with van der Waals surface area (Å²) < 4.78 is 25.8. The average molecular weight is 488 g/mol. The number of piperidine rings is 1. The Bertz CT molecular complexity index is 1220. The molecule has 0 aromatic heterocycles. The maximum absolute atomic E-state index is 14.1. The van der Waals surface area contributed by atoms with Gasteiger partial charge in [-0.15, -0.1) is 0 Å². The first-order chi connectivity index (χ1) is 17.5. The van der Waals surface area contributed by atoms with E-state index in [-0.39, 0.29) is 36.5 Å².